The lowest BCUT2D eigenvalue weighted by atomic mass is 9.99. The summed E-state index contributed by atoms with van der Waals surface area (Å²) in [4.78, 5) is 6.76. The number of hydrogen-bond donors (Lipinski definition) is 1. The summed E-state index contributed by atoms with van der Waals surface area (Å²) in [6, 6.07) is 13.1. The van der Waals surface area contributed by atoms with E-state index in [0.29, 0.717) is 34.6 Å². The van der Waals surface area contributed by atoms with Crippen LogP contribution in [-0.2, 0) is 0 Å². The molecule has 4 rings (SSSR count). The number of hydroxylamine groups is 2. The number of fused-ring (bicyclic) bond motifs is 3. The van der Waals surface area contributed by atoms with Gasteiger partial charge in [0.2, 0.25) is 5.84 Å². The molecule has 2 aromatic carbocycles. The summed E-state index contributed by atoms with van der Waals surface area (Å²) in [7, 11) is 1.99. The molecule has 150 valence electrons. The molecule has 1 unspecified atom stereocenters. The van der Waals surface area contributed by atoms with Crippen molar-refractivity contribution in [3.8, 4) is 0 Å². The van der Waals surface area contributed by atoms with E-state index in [2.05, 4.69) is 43.3 Å². The highest BCUT2D eigenvalue weighted by Crippen LogP contribution is 2.39. The van der Waals surface area contributed by atoms with Gasteiger partial charge in [0, 0.05) is 21.1 Å². The van der Waals surface area contributed by atoms with Gasteiger partial charge in [0.25, 0.3) is 5.82 Å². The number of quaternary nitrogens is 1. The Hall–Kier alpha value is -2.03. The van der Waals surface area contributed by atoms with Crippen LogP contribution in [0.2, 0.25) is 5.02 Å². The van der Waals surface area contributed by atoms with Crippen molar-refractivity contribution in [3.05, 3.63) is 80.3 Å². The van der Waals surface area contributed by atoms with Crippen LogP contribution in [0.4, 0.5) is 5.69 Å². The molecule has 0 spiro atoms. The summed E-state index contributed by atoms with van der Waals surface area (Å²) in [6.45, 7) is 3.45. The molecule has 1 atom stereocenters. The number of hydrogen-bond acceptors (Lipinski definition) is 5. The van der Waals surface area contributed by atoms with Gasteiger partial charge in [0.05, 0.1) is 17.8 Å². The van der Waals surface area contributed by atoms with Crippen molar-refractivity contribution in [2.75, 3.05) is 20.1 Å². The number of hydrazone groups is 1. The minimum absolute atomic E-state index is 0.371. The first-order valence-electron chi connectivity index (χ1n) is 9.40. The van der Waals surface area contributed by atoms with Crippen molar-refractivity contribution < 1.29 is 0 Å². The van der Waals surface area contributed by atoms with Gasteiger partial charge in [-0.25, -0.2) is 15.1 Å². The number of nitrogens with one attached hydrogen (secondary N) is 1. The maximum absolute atomic E-state index is 14.3. The van der Waals surface area contributed by atoms with E-state index in [1.54, 1.807) is 6.20 Å². The van der Waals surface area contributed by atoms with Crippen LogP contribution in [0.5, 0.6) is 0 Å². The van der Waals surface area contributed by atoms with Crippen LogP contribution in [0.3, 0.4) is 0 Å². The third kappa shape index (κ3) is 3.53. The quantitative estimate of drug-likeness (QED) is 0.499. The smallest absolute Gasteiger partial charge is 0.252 e. The lowest BCUT2D eigenvalue weighted by Crippen LogP contribution is -2.50. The summed E-state index contributed by atoms with van der Waals surface area (Å²) in [6.07, 6.45) is 2.57. The molecule has 2 heterocycles. The van der Waals surface area contributed by atoms with Crippen molar-refractivity contribution >= 4 is 44.8 Å². The largest absolute Gasteiger partial charge is 0.614 e. The fraction of sp³-hybridized carbons (Fsp3) is 0.238. The SMILES string of the molecule is CCCN(C)CC1=NNC2=CN=C(c3ccccc3Cl)c3cc(Br)ccc3[N+]21[O-]. The zero-order chi connectivity index (χ0) is 20.6. The molecule has 0 fully saturated rings. The van der Waals surface area contributed by atoms with Crippen molar-refractivity contribution in [2.45, 2.75) is 13.3 Å². The molecule has 0 saturated heterocycles. The molecule has 1 N–H and O–H groups in total. The predicted octanol–water partition coefficient (Wildman–Crippen LogP) is 4.82. The molecule has 2 aliphatic heterocycles. The second kappa shape index (κ2) is 8.01. The van der Waals surface area contributed by atoms with E-state index in [1.807, 2.05) is 49.5 Å². The Labute approximate surface area is 183 Å². The third-order valence-corrected chi connectivity index (χ3v) is 5.84. The van der Waals surface area contributed by atoms with Gasteiger partial charge in [-0.2, -0.15) is 0 Å². The van der Waals surface area contributed by atoms with E-state index < -0.39 is 4.65 Å². The topological polar surface area (TPSA) is 63.0 Å². The molecule has 0 amide bonds. The van der Waals surface area contributed by atoms with Crippen LogP contribution < -0.4 is 10.1 Å². The van der Waals surface area contributed by atoms with Gasteiger partial charge < -0.3 is 5.21 Å². The van der Waals surface area contributed by atoms with Crippen LogP contribution >= 0.6 is 27.5 Å². The molecular formula is C21H21BrClN5O. The Kier molecular flexibility index (Phi) is 5.59. The van der Waals surface area contributed by atoms with E-state index in [1.165, 1.54) is 0 Å². The predicted molar refractivity (Wildman–Crippen MR) is 123 cm³/mol. The fourth-order valence-corrected chi connectivity index (χ4v) is 4.24. The third-order valence-electron chi connectivity index (χ3n) is 5.02. The van der Waals surface area contributed by atoms with Crippen LogP contribution in [-0.4, -0.2) is 36.6 Å². The molecule has 0 aromatic heterocycles. The number of aliphatic imine (C=N–C) groups is 1. The first-order valence-corrected chi connectivity index (χ1v) is 10.6. The molecule has 2 aliphatic rings. The first-order chi connectivity index (χ1) is 13.9. The molecule has 0 radical (unpaired) electrons. The lowest BCUT2D eigenvalue weighted by molar-refractivity contribution is 0.372. The van der Waals surface area contributed by atoms with Crippen molar-refractivity contribution in [1.29, 1.82) is 0 Å². The zero-order valence-corrected chi connectivity index (χ0v) is 18.5. The normalized spacial score (nSPS) is 20.3. The van der Waals surface area contributed by atoms with Crippen molar-refractivity contribution in [2.24, 2.45) is 10.1 Å². The molecule has 2 aromatic rings. The summed E-state index contributed by atoms with van der Waals surface area (Å²) < 4.78 is 0.0773. The second-order valence-corrected chi connectivity index (χ2v) is 8.44. The molecule has 8 heteroatoms. The number of nitrogens with zero attached hydrogens (tertiary/aromatic N) is 4. The highest BCUT2D eigenvalue weighted by Gasteiger charge is 2.43. The minimum atomic E-state index is -0.784. The summed E-state index contributed by atoms with van der Waals surface area (Å²) in [5.74, 6) is 0.849. The Morgan fingerprint density at radius 1 is 1.21 bits per heavy atom. The maximum atomic E-state index is 14.3. The molecule has 29 heavy (non-hydrogen) atoms. The second-order valence-electron chi connectivity index (χ2n) is 7.12. The van der Waals surface area contributed by atoms with E-state index >= 15 is 0 Å². The molecule has 0 saturated carbocycles. The van der Waals surface area contributed by atoms with Gasteiger partial charge in [0.1, 0.15) is 6.20 Å². The summed E-state index contributed by atoms with van der Waals surface area (Å²) in [5.41, 5.74) is 5.63. The number of halogens is 2. The van der Waals surface area contributed by atoms with Crippen LogP contribution in [0.1, 0.15) is 24.5 Å². The maximum Gasteiger partial charge on any atom is 0.252 e. The van der Waals surface area contributed by atoms with Crippen molar-refractivity contribution in [3.63, 3.8) is 0 Å². The number of benzene rings is 2. The van der Waals surface area contributed by atoms with Crippen LogP contribution in [0.25, 0.3) is 0 Å². The average molecular weight is 475 g/mol. The first kappa shape index (κ1) is 20.3. The Bertz CT molecular complexity index is 1050. The Morgan fingerprint density at radius 3 is 2.76 bits per heavy atom. The van der Waals surface area contributed by atoms with E-state index in [9.17, 15) is 5.21 Å². The average Bonchev–Trinajstić information content (AvgIpc) is 2.93. The van der Waals surface area contributed by atoms with Gasteiger partial charge >= 0.3 is 0 Å². The fourth-order valence-electron chi connectivity index (χ4n) is 3.65. The van der Waals surface area contributed by atoms with Crippen LogP contribution in [0, 0.1) is 5.21 Å². The van der Waals surface area contributed by atoms with Gasteiger partial charge in [-0.1, -0.05) is 52.7 Å². The molecular weight excluding hydrogens is 454 g/mol. The van der Waals surface area contributed by atoms with Gasteiger partial charge in [-0.15, -0.1) is 5.10 Å². The molecule has 6 nitrogen and oxygen atoms in total. The van der Waals surface area contributed by atoms with E-state index in [4.69, 9.17) is 11.6 Å². The highest BCUT2D eigenvalue weighted by atomic mass is 79.9. The minimum Gasteiger partial charge on any atom is -0.614 e. The lowest BCUT2D eigenvalue weighted by Gasteiger charge is -2.38. The van der Waals surface area contributed by atoms with Gasteiger partial charge in [0.15, 0.2) is 5.69 Å². The number of likely N-dealkylation sites (N-methyl/N-ethyl adjacent to an activating group) is 1. The molecule has 0 bridgehead atoms. The van der Waals surface area contributed by atoms with E-state index in [-0.39, 0.29) is 0 Å². The number of amidine groups is 1. The zero-order valence-electron chi connectivity index (χ0n) is 16.2. The Balaban J connectivity index is 1.87. The van der Waals surface area contributed by atoms with Gasteiger partial charge in [-0.3, -0.25) is 4.90 Å². The molecule has 0 aliphatic carbocycles. The van der Waals surface area contributed by atoms with Crippen LogP contribution in [0.15, 0.2) is 69.1 Å². The number of rotatable bonds is 5. The van der Waals surface area contributed by atoms with Crippen molar-refractivity contribution in [1.82, 2.24) is 15.0 Å². The summed E-state index contributed by atoms with van der Waals surface area (Å²) in [5, 5.41) is 19.2. The van der Waals surface area contributed by atoms with E-state index in [0.717, 1.165) is 28.6 Å². The monoisotopic (exact) mass is 473 g/mol. The standard InChI is InChI=1S/C21H21BrClN5O/c1-3-10-27(2)13-20-26-25-19-12-24-21(15-6-4-5-7-17(15)23)16-11-14(22)8-9-18(16)28(19,20)29/h4-9,11-12,25H,3,10,13H2,1-2H3. The summed E-state index contributed by atoms with van der Waals surface area (Å²) >= 11 is 9.99. The highest BCUT2D eigenvalue weighted by molar-refractivity contribution is 9.10. The van der Waals surface area contributed by atoms with Gasteiger partial charge in [-0.05, 0) is 38.2 Å². The Morgan fingerprint density at radius 2 is 2.00 bits per heavy atom.